The van der Waals surface area contributed by atoms with Gasteiger partial charge in [0.2, 0.25) is 0 Å². The van der Waals surface area contributed by atoms with E-state index in [1.54, 1.807) is 6.92 Å². The Kier molecular flexibility index (Phi) is 11.7. The number of aliphatic hydroxyl groups excluding tert-OH is 1. The maximum atomic E-state index is 13.6. The van der Waals surface area contributed by atoms with E-state index in [1.165, 1.54) is 23.4 Å². The Bertz CT molecular complexity index is 714. The lowest BCUT2D eigenvalue weighted by Gasteiger charge is -2.16. The van der Waals surface area contributed by atoms with Gasteiger partial charge in [-0.25, -0.2) is 4.39 Å². The van der Waals surface area contributed by atoms with Crippen molar-refractivity contribution in [3.63, 3.8) is 0 Å². The molecule has 0 aliphatic heterocycles. The van der Waals surface area contributed by atoms with Gasteiger partial charge in [-0.2, -0.15) is 0 Å². The molecule has 0 aromatic carbocycles. The first-order chi connectivity index (χ1) is 13.4. The number of halogens is 2. The SMILES string of the molecule is C=C(SCC=C(C/C=C\C)c1cc(C(C)CC)cc(C(O)CBr)n1)/C(F)=C\C. The standard InChI is InChI=1S/C23H31BrFNOS/c1-6-9-10-18(11-12-28-17(5)20(25)8-3)21-13-19(16(4)7-2)14-22(26-21)23(27)15-24/h6,8-9,11,13-14,16,23,27H,5,7,10,12,15H2,1-4H3/b9-6-,18-11?,20-8+. The topological polar surface area (TPSA) is 33.1 Å². The summed E-state index contributed by atoms with van der Waals surface area (Å²) in [6.45, 7) is 11.8. The van der Waals surface area contributed by atoms with Gasteiger partial charge >= 0.3 is 0 Å². The van der Waals surface area contributed by atoms with Gasteiger partial charge in [-0.05, 0) is 55.9 Å². The van der Waals surface area contributed by atoms with Crippen LogP contribution in [0.15, 0.2) is 53.7 Å². The minimum atomic E-state index is -0.649. The van der Waals surface area contributed by atoms with Crippen molar-refractivity contribution in [2.24, 2.45) is 0 Å². The number of pyridine rings is 1. The number of thioether (sulfide) groups is 1. The molecule has 0 aliphatic carbocycles. The van der Waals surface area contributed by atoms with Crippen molar-refractivity contribution in [2.75, 3.05) is 11.1 Å². The second-order valence-corrected chi connectivity index (χ2v) is 8.33. The van der Waals surface area contributed by atoms with E-state index in [0.717, 1.165) is 24.1 Å². The Morgan fingerprint density at radius 1 is 1.39 bits per heavy atom. The van der Waals surface area contributed by atoms with E-state index >= 15 is 0 Å². The van der Waals surface area contributed by atoms with Crippen LogP contribution in [0.25, 0.3) is 5.57 Å². The van der Waals surface area contributed by atoms with Gasteiger partial charge in [0.25, 0.3) is 0 Å². The van der Waals surface area contributed by atoms with Crippen molar-refractivity contribution in [2.45, 2.75) is 52.6 Å². The molecule has 0 amide bonds. The number of hydrogen-bond donors (Lipinski definition) is 1. The minimum absolute atomic E-state index is 0.284. The van der Waals surface area contributed by atoms with Crippen LogP contribution in [0.3, 0.4) is 0 Å². The molecule has 28 heavy (non-hydrogen) atoms. The van der Waals surface area contributed by atoms with E-state index in [4.69, 9.17) is 4.98 Å². The van der Waals surface area contributed by atoms with Crippen molar-refractivity contribution < 1.29 is 9.50 Å². The Morgan fingerprint density at radius 2 is 2.11 bits per heavy atom. The molecule has 0 aliphatic rings. The van der Waals surface area contributed by atoms with Crippen molar-refractivity contribution in [3.05, 3.63) is 70.7 Å². The third-order valence-corrected chi connectivity index (χ3v) is 6.04. The predicted molar refractivity (Wildman–Crippen MR) is 126 cm³/mol. The Hall–Kier alpha value is -1.17. The van der Waals surface area contributed by atoms with E-state index in [1.807, 2.05) is 19.1 Å². The van der Waals surface area contributed by atoms with E-state index in [9.17, 15) is 9.50 Å². The van der Waals surface area contributed by atoms with Crippen molar-refractivity contribution in [3.8, 4) is 0 Å². The largest absolute Gasteiger partial charge is 0.386 e. The van der Waals surface area contributed by atoms with Gasteiger partial charge < -0.3 is 5.11 Å². The number of nitrogens with zero attached hydrogens (tertiary/aromatic N) is 1. The van der Waals surface area contributed by atoms with Gasteiger partial charge in [-0.1, -0.05) is 60.7 Å². The third kappa shape index (κ3) is 7.69. The molecular weight excluding hydrogens is 437 g/mol. The van der Waals surface area contributed by atoms with E-state index in [0.29, 0.717) is 27.6 Å². The molecule has 1 rings (SSSR count). The Morgan fingerprint density at radius 3 is 2.68 bits per heavy atom. The quantitative estimate of drug-likeness (QED) is 0.207. The molecule has 1 N–H and O–H groups in total. The highest BCUT2D eigenvalue weighted by molar-refractivity contribution is 9.09. The first kappa shape index (κ1) is 24.9. The van der Waals surface area contributed by atoms with Gasteiger partial charge in [0.1, 0.15) is 11.9 Å². The Balaban J connectivity index is 3.27. The van der Waals surface area contributed by atoms with E-state index < -0.39 is 6.10 Å². The number of aliphatic hydroxyl groups is 1. The van der Waals surface area contributed by atoms with Crippen LogP contribution in [0.4, 0.5) is 4.39 Å². The number of aromatic nitrogens is 1. The minimum Gasteiger partial charge on any atom is -0.386 e. The van der Waals surface area contributed by atoms with Gasteiger partial charge in [-0.15, -0.1) is 11.8 Å². The van der Waals surface area contributed by atoms with Crippen LogP contribution in [-0.4, -0.2) is 21.2 Å². The molecule has 5 heteroatoms. The molecule has 0 fully saturated rings. The summed E-state index contributed by atoms with van der Waals surface area (Å²) in [6, 6.07) is 4.11. The van der Waals surface area contributed by atoms with Crippen molar-refractivity contribution in [1.29, 1.82) is 0 Å². The molecular formula is C23H31BrFNOS. The first-order valence-corrected chi connectivity index (χ1v) is 11.7. The zero-order valence-corrected chi connectivity index (χ0v) is 19.6. The van der Waals surface area contributed by atoms with Crippen LogP contribution < -0.4 is 0 Å². The van der Waals surface area contributed by atoms with Gasteiger partial charge in [0, 0.05) is 16.0 Å². The average Bonchev–Trinajstić information content (AvgIpc) is 2.73. The number of alkyl halides is 1. The van der Waals surface area contributed by atoms with Crippen LogP contribution in [0.1, 0.15) is 69.5 Å². The summed E-state index contributed by atoms with van der Waals surface area (Å²) >= 11 is 4.71. The van der Waals surface area contributed by atoms with Gasteiger partial charge in [-0.3, -0.25) is 4.98 Å². The average molecular weight is 468 g/mol. The Labute approximate surface area is 181 Å². The van der Waals surface area contributed by atoms with Gasteiger partial charge in [0.15, 0.2) is 0 Å². The van der Waals surface area contributed by atoms with E-state index in [2.05, 4.69) is 54.6 Å². The predicted octanol–water partition coefficient (Wildman–Crippen LogP) is 7.49. The summed E-state index contributed by atoms with van der Waals surface area (Å²) in [5, 5.41) is 10.8. The fourth-order valence-electron chi connectivity index (χ4n) is 2.52. The summed E-state index contributed by atoms with van der Waals surface area (Å²) in [5.74, 6) is 0.704. The summed E-state index contributed by atoms with van der Waals surface area (Å²) < 4.78 is 13.6. The second-order valence-electron chi connectivity index (χ2n) is 6.56. The van der Waals surface area contributed by atoms with E-state index in [-0.39, 0.29) is 5.83 Å². The normalized spacial score (nSPS) is 15.1. The number of hydrogen-bond acceptors (Lipinski definition) is 3. The lowest BCUT2D eigenvalue weighted by atomic mass is 9.95. The molecule has 2 unspecified atom stereocenters. The monoisotopic (exact) mass is 467 g/mol. The molecule has 154 valence electrons. The maximum absolute atomic E-state index is 13.6. The number of allylic oxidation sites excluding steroid dienone is 5. The third-order valence-electron chi connectivity index (χ3n) is 4.55. The summed E-state index contributed by atoms with van der Waals surface area (Å²) in [4.78, 5) is 5.16. The van der Waals surface area contributed by atoms with Crippen molar-refractivity contribution >= 4 is 33.3 Å². The zero-order valence-electron chi connectivity index (χ0n) is 17.2. The van der Waals surface area contributed by atoms with Crippen LogP contribution >= 0.6 is 27.7 Å². The lowest BCUT2D eigenvalue weighted by Crippen LogP contribution is -2.07. The first-order valence-electron chi connectivity index (χ1n) is 9.58. The highest BCUT2D eigenvalue weighted by Gasteiger charge is 2.15. The number of rotatable bonds is 11. The molecule has 0 radical (unpaired) electrons. The lowest BCUT2D eigenvalue weighted by molar-refractivity contribution is 0.200. The molecule has 1 aromatic heterocycles. The molecule has 1 aromatic rings. The fraction of sp³-hybridized carbons (Fsp3) is 0.435. The fourth-order valence-corrected chi connectivity index (χ4v) is 3.59. The smallest absolute Gasteiger partial charge is 0.131 e. The molecule has 0 saturated heterocycles. The molecule has 2 atom stereocenters. The van der Waals surface area contributed by atoms with Crippen LogP contribution in [0, 0.1) is 0 Å². The molecule has 1 heterocycles. The summed E-state index contributed by atoms with van der Waals surface area (Å²) in [6.07, 6.45) is 8.68. The zero-order chi connectivity index (χ0) is 21.1. The molecule has 0 bridgehead atoms. The van der Waals surface area contributed by atoms with Crippen molar-refractivity contribution in [1.82, 2.24) is 4.98 Å². The summed E-state index contributed by atoms with van der Waals surface area (Å²) in [7, 11) is 0. The van der Waals surface area contributed by atoms with Gasteiger partial charge in [0.05, 0.1) is 11.4 Å². The highest BCUT2D eigenvalue weighted by Crippen LogP contribution is 2.29. The molecule has 0 saturated carbocycles. The molecule has 2 nitrogen and oxygen atoms in total. The second kappa shape index (κ2) is 13.1. The maximum Gasteiger partial charge on any atom is 0.131 e. The van der Waals surface area contributed by atoms with Crippen LogP contribution in [0.5, 0.6) is 0 Å². The highest BCUT2D eigenvalue weighted by atomic mass is 79.9. The van der Waals surface area contributed by atoms with Crippen LogP contribution in [0.2, 0.25) is 0 Å². The summed E-state index contributed by atoms with van der Waals surface area (Å²) in [5.41, 5.74) is 3.77. The van der Waals surface area contributed by atoms with Crippen LogP contribution in [-0.2, 0) is 0 Å². The molecule has 0 spiro atoms.